The van der Waals surface area contributed by atoms with E-state index in [0.29, 0.717) is 23.6 Å². The highest BCUT2D eigenvalue weighted by Gasteiger charge is 2.06. The first-order chi connectivity index (χ1) is 8.58. The van der Waals surface area contributed by atoms with E-state index in [0.717, 1.165) is 5.69 Å². The molecule has 1 heterocycles. The van der Waals surface area contributed by atoms with Gasteiger partial charge in [0.05, 0.1) is 5.69 Å². The molecule has 0 aliphatic rings. The van der Waals surface area contributed by atoms with Crippen LogP contribution in [0.25, 0.3) is 0 Å². The van der Waals surface area contributed by atoms with Crippen LogP contribution < -0.4 is 10.5 Å². The smallest absolute Gasteiger partial charge is 0.322 e. The molecule has 0 atom stereocenters. The zero-order valence-corrected chi connectivity index (χ0v) is 10.3. The fourth-order valence-corrected chi connectivity index (χ4v) is 1.50. The summed E-state index contributed by atoms with van der Waals surface area (Å²) in [7, 11) is 0. The van der Waals surface area contributed by atoms with Crippen molar-refractivity contribution in [2.24, 2.45) is 5.73 Å². The summed E-state index contributed by atoms with van der Waals surface area (Å²) in [5.41, 5.74) is 7.53. The van der Waals surface area contributed by atoms with Crippen molar-refractivity contribution >= 4 is 0 Å². The summed E-state index contributed by atoms with van der Waals surface area (Å²) in [4.78, 5) is 8.24. The van der Waals surface area contributed by atoms with E-state index >= 15 is 0 Å². The number of halogens is 1. The van der Waals surface area contributed by atoms with Gasteiger partial charge in [-0.05, 0) is 31.5 Å². The highest BCUT2D eigenvalue weighted by molar-refractivity contribution is 5.30. The Morgan fingerprint density at radius 1 is 1.22 bits per heavy atom. The lowest BCUT2D eigenvalue weighted by atomic mass is 10.2. The van der Waals surface area contributed by atoms with E-state index in [1.54, 1.807) is 25.1 Å². The Hall–Kier alpha value is -2.01. The van der Waals surface area contributed by atoms with Crippen LogP contribution in [0.5, 0.6) is 11.8 Å². The minimum Gasteiger partial charge on any atom is -0.424 e. The maximum absolute atomic E-state index is 13.4. The molecule has 0 saturated heterocycles. The van der Waals surface area contributed by atoms with Gasteiger partial charge < -0.3 is 10.5 Å². The molecule has 5 heteroatoms. The lowest BCUT2D eigenvalue weighted by Crippen LogP contribution is -2.03. The monoisotopic (exact) mass is 247 g/mol. The van der Waals surface area contributed by atoms with E-state index in [9.17, 15) is 4.39 Å². The molecule has 0 amide bonds. The number of benzene rings is 1. The first-order valence-electron chi connectivity index (χ1n) is 5.57. The summed E-state index contributed by atoms with van der Waals surface area (Å²) in [5.74, 6) is 0.0471. The van der Waals surface area contributed by atoms with Crippen molar-refractivity contribution in [2.75, 3.05) is 0 Å². The summed E-state index contributed by atoms with van der Waals surface area (Å²) in [5, 5.41) is 0. The van der Waals surface area contributed by atoms with Gasteiger partial charge in [-0.1, -0.05) is 6.07 Å². The van der Waals surface area contributed by atoms with E-state index < -0.39 is 0 Å². The van der Waals surface area contributed by atoms with Crippen LogP contribution in [0.1, 0.15) is 17.0 Å². The van der Waals surface area contributed by atoms with Crippen LogP contribution in [0, 0.1) is 19.7 Å². The van der Waals surface area contributed by atoms with Gasteiger partial charge in [-0.3, -0.25) is 0 Å². The number of nitrogens with zero attached hydrogens (tertiary/aromatic N) is 2. The third-order valence-electron chi connectivity index (χ3n) is 2.45. The Morgan fingerprint density at radius 3 is 2.67 bits per heavy atom. The Balaban J connectivity index is 2.27. The average Bonchev–Trinajstić information content (AvgIpc) is 2.33. The van der Waals surface area contributed by atoms with E-state index in [2.05, 4.69) is 9.97 Å². The molecule has 1 aromatic carbocycles. The van der Waals surface area contributed by atoms with Crippen molar-refractivity contribution < 1.29 is 9.13 Å². The van der Waals surface area contributed by atoms with Crippen molar-refractivity contribution in [2.45, 2.75) is 20.4 Å². The molecule has 2 N–H and O–H groups in total. The highest BCUT2D eigenvalue weighted by Crippen LogP contribution is 2.21. The van der Waals surface area contributed by atoms with Crippen molar-refractivity contribution in [1.29, 1.82) is 0 Å². The second-order valence-electron chi connectivity index (χ2n) is 4.00. The average molecular weight is 247 g/mol. The molecule has 94 valence electrons. The number of nitrogens with two attached hydrogens (primary N) is 1. The van der Waals surface area contributed by atoms with Gasteiger partial charge >= 0.3 is 6.01 Å². The molecule has 0 bridgehead atoms. The SMILES string of the molecule is Cc1cc(CN)nc(Oc2ccc(C)c(F)c2)n1. The van der Waals surface area contributed by atoms with E-state index in [1.165, 1.54) is 6.07 Å². The van der Waals surface area contributed by atoms with E-state index in [4.69, 9.17) is 10.5 Å². The topological polar surface area (TPSA) is 61.0 Å². The van der Waals surface area contributed by atoms with Crippen molar-refractivity contribution in [3.8, 4) is 11.8 Å². The molecule has 0 aliphatic heterocycles. The Bertz CT molecular complexity index is 572. The normalized spacial score (nSPS) is 10.4. The summed E-state index contributed by atoms with van der Waals surface area (Å²) in [6.07, 6.45) is 0. The fraction of sp³-hybridized carbons (Fsp3) is 0.231. The van der Waals surface area contributed by atoms with E-state index in [-0.39, 0.29) is 11.8 Å². The standard InChI is InChI=1S/C13H14FN3O/c1-8-3-4-11(6-12(8)14)18-13-16-9(2)5-10(7-15)17-13/h3-6H,7,15H2,1-2H3. The Labute approximate surface area is 105 Å². The first-order valence-corrected chi connectivity index (χ1v) is 5.57. The fourth-order valence-electron chi connectivity index (χ4n) is 1.50. The van der Waals surface area contributed by atoms with Crippen LogP contribution >= 0.6 is 0 Å². The highest BCUT2D eigenvalue weighted by atomic mass is 19.1. The summed E-state index contributed by atoms with van der Waals surface area (Å²) >= 11 is 0. The van der Waals surface area contributed by atoms with Crippen molar-refractivity contribution in [3.63, 3.8) is 0 Å². The van der Waals surface area contributed by atoms with Gasteiger partial charge in [-0.15, -0.1) is 0 Å². The van der Waals surface area contributed by atoms with Crippen LogP contribution in [-0.4, -0.2) is 9.97 Å². The summed E-state index contributed by atoms with van der Waals surface area (Å²) < 4.78 is 18.8. The molecular formula is C13H14FN3O. The van der Waals surface area contributed by atoms with Crippen LogP contribution in [0.2, 0.25) is 0 Å². The first kappa shape index (κ1) is 12.4. The van der Waals surface area contributed by atoms with Gasteiger partial charge in [0.15, 0.2) is 0 Å². The minimum absolute atomic E-state index is 0.179. The molecule has 1 aromatic heterocycles. The van der Waals surface area contributed by atoms with Gasteiger partial charge in [0, 0.05) is 18.3 Å². The minimum atomic E-state index is -0.320. The van der Waals surface area contributed by atoms with Crippen molar-refractivity contribution in [3.05, 3.63) is 47.0 Å². The number of rotatable bonds is 3. The van der Waals surface area contributed by atoms with Crippen LogP contribution in [-0.2, 0) is 6.54 Å². The molecule has 0 spiro atoms. The molecule has 0 aliphatic carbocycles. The van der Waals surface area contributed by atoms with Gasteiger partial charge in [-0.2, -0.15) is 4.98 Å². The van der Waals surface area contributed by atoms with Gasteiger partial charge in [0.1, 0.15) is 11.6 Å². The lowest BCUT2D eigenvalue weighted by Gasteiger charge is -2.07. The zero-order valence-electron chi connectivity index (χ0n) is 10.3. The number of hydrogen-bond acceptors (Lipinski definition) is 4. The Kier molecular flexibility index (Phi) is 3.53. The lowest BCUT2D eigenvalue weighted by molar-refractivity contribution is 0.433. The molecule has 0 radical (unpaired) electrons. The maximum Gasteiger partial charge on any atom is 0.322 e. The molecule has 0 saturated carbocycles. The second-order valence-corrected chi connectivity index (χ2v) is 4.00. The number of hydrogen-bond donors (Lipinski definition) is 1. The largest absolute Gasteiger partial charge is 0.424 e. The molecule has 4 nitrogen and oxygen atoms in total. The zero-order chi connectivity index (χ0) is 13.1. The molecular weight excluding hydrogens is 233 g/mol. The third-order valence-corrected chi connectivity index (χ3v) is 2.45. The predicted octanol–water partition coefficient (Wildman–Crippen LogP) is 2.48. The summed E-state index contributed by atoms with van der Waals surface area (Å²) in [6.45, 7) is 3.82. The van der Waals surface area contributed by atoms with E-state index in [1.807, 2.05) is 6.92 Å². The van der Waals surface area contributed by atoms with Crippen molar-refractivity contribution in [1.82, 2.24) is 9.97 Å². The van der Waals surface area contributed by atoms with Crippen LogP contribution in [0.15, 0.2) is 24.3 Å². The molecule has 2 rings (SSSR count). The quantitative estimate of drug-likeness (QED) is 0.905. The predicted molar refractivity (Wildman–Crippen MR) is 65.9 cm³/mol. The maximum atomic E-state index is 13.4. The van der Waals surface area contributed by atoms with Gasteiger partial charge in [0.2, 0.25) is 0 Å². The molecule has 18 heavy (non-hydrogen) atoms. The second kappa shape index (κ2) is 5.10. The summed E-state index contributed by atoms with van der Waals surface area (Å²) in [6, 6.07) is 6.58. The number of aryl methyl sites for hydroxylation is 2. The Morgan fingerprint density at radius 2 is 2.00 bits per heavy atom. The molecule has 2 aromatic rings. The third kappa shape index (κ3) is 2.81. The number of aromatic nitrogens is 2. The molecule has 0 unspecified atom stereocenters. The van der Waals surface area contributed by atoms with Crippen LogP contribution in [0.3, 0.4) is 0 Å². The number of ether oxygens (including phenoxy) is 1. The van der Waals surface area contributed by atoms with Gasteiger partial charge in [0.25, 0.3) is 0 Å². The molecule has 0 fully saturated rings. The van der Waals surface area contributed by atoms with Gasteiger partial charge in [-0.25, -0.2) is 9.37 Å². The van der Waals surface area contributed by atoms with Crippen LogP contribution in [0.4, 0.5) is 4.39 Å².